The molecule has 0 aliphatic heterocycles. The monoisotopic (exact) mass is 390 g/mol. The molecule has 0 unspecified atom stereocenters. The molecule has 0 amide bonds. The molecule has 0 saturated carbocycles. The first-order valence-corrected chi connectivity index (χ1v) is 9.37. The van der Waals surface area contributed by atoms with E-state index in [2.05, 4.69) is 0 Å². The Hall–Kier alpha value is -3.60. The van der Waals surface area contributed by atoms with Crippen molar-refractivity contribution in [2.45, 2.75) is 19.6 Å². The van der Waals surface area contributed by atoms with E-state index < -0.39 is 17.9 Å². The van der Waals surface area contributed by atoms with Gasteiger partial charge in [0.05, 0.1) is 6.61 Å². The van der Waals surface area contributed by atoms with Crippen molar-refractivity contribution in [3.05, 3.63) is 96.1 Å². The number of hydrogen-bond acceptors (Lipinski definition) is 5. The molecule has 0 aliphatic rings. The number of hydrogen-bond donors (Lipinski definition) is 0. The fourth-order valence-corrected chi connectivity index (χ4v) is 2.71. The van der Waals surface area contributed by atoms with Gasteiger partial charge in [-0.15, -0.1) is 0 Å². The first-order chi connectivity index (χ1) is 14.2. The Morgan fingerprint density at radius 1 is 0.793 bits per heavy atom. The summed E-state index contributed by atoms with van der Waals surface area (Å²) >= 11 is 0. The van der Waals surface area contributed by atoms with E-state index in [1.807, 2.05) is 30.3 Å². The third-order valence-corrected chi connectivity index (χ3v) is 4.13. The van der Waals surface area contributed by atoms with E-state index in [0.717, 1.165) is 5.56 Å². The number of carbonyl (C=O) groups is 2. The van der Waals surface area contributed by atoms with Crippen molar-refractivity contribution >= 4 is 11.8 Å². The number of benzene rings is 3. The molecule has 29 heavy (non-hydrogen) atoms. The van der Waals surface area contributed by atoms with E-state index in [1.165, 1.54) is 0 Å². The highest BCUT2D eigenvalue weighted by Gasteiger charge is 2.32. The van der Waals surface area contributed by atoms with Crippen LogP contribution in [0, 0.1) is 0 Å². The summed E-state index contributed by atoms with van der Waals surface area (Å²) < 4.78 is 16.7. The lowest BCUT2D eigenvalue weighted by Crippen LogP contribution is -2.37. The molecule has 0 N–H and O–H groups in total. The van der Waals surface area contributed by atoms with E-state index in [4.69, 9.17) is 14.2 Å². The Bertz CT molecular complexity index is 938. The summed E-state index contributed by atoms with van der Waals surface area (Å²) in [6.45, 7) is 2.16. The Balaban J connectivity index is 1.82. The molecule has 3 rings (SSSR count). The molecule has 3 aromatic carbocycles. The molecule has 0 fully saturated rings. The smallest absolute Gasteiger partial charge is 0.355 e. The number of Topliss-reactive ketones (excluding diaryl/α,β-unsaturated/α-hetero) is 1. The maximum atomic E-state index is 12.9. The third-order valence-electron chi connectivity index (χ3n) is 4.13. The number of carbonyl (C=O) groups excluding carboxylic acids is 2. The molecule has 0 radical (unpaired) electrons. The van der Waals surface area contributed by atoms with E-state index in [1.54, 1.807) is 61.5 Å². The summed E-state index contributed by atoms with van der Waals surface area (Å²) in [6.07, 6.45) is -1.42. The molecular formula is C24H22O5. The molecule has 0 aromatic heterocycles. The van der Waals surface area contributed by atoms with Crippen LogP contribution in [0.4, 0.5) is 0 Å². The molecule has 5 nitrogen and oxygen atoms in total. The van der Waals surface area contributed by atoms with Crippen LogP contribution in [0.1, 0.15) is 22.8 Å². The predicted molar refractivity (Wildman–Crippen MR) is 109 cm³/mol. The van der Waals surface area contributed by atoms with E-state index >= 15 is 0 Å². The zero-order valence-corrected chi connectivity index (χ0v) is 16.1. The molecule has 148 valence electrons. The van der Waals surface area contributed by atoms with Crippen LogP contribution in [0.2, 0.25) is 0 Å². The Kier molecular flexibility index (Phi) is 7.00. The van der Waals surface area contributed by atoms with Crippen LogP contribution < -0.4 is 9.47 Å². The normalized spacial score (nSPS) is 11.3. The first kappa shape index (κ1) is 20.1. The Morgan fingerprint density at radius 3 is 2.03 bits per heavy atom. The first-order valence-electron chi connectivity index (χ1n) is 9.37. The van der Waals surface area contributed by atoms with Crippen molar-refractivity contribution in [3.8, 4) is 11.5 Å². The van der Waals surface area contributed by atoms with Gasteiger partial charge in [-0.1, -0.05) is 72.8 Å². The van der Waals surface area contributed by atoms with Crippen LogP contribution in [-0.2, 0) is 16.1 Å². The fraction of sp³-hybridized carbons (Fsp3) is 0.167. The van der Waals surface area contributed by atoms with Gasteiger partial charge in [-0.25, -0.2) is 4.79 Å². The quantitative estimate of drug-likeness (QED) is 0.307. The largest absolute Gasteiger partial charge is 0.485 e. The second-order valence-corrected chi connectivity index (χ2v) is 6.20. The summed E-state index contributed by atoms with van der Waals surface area (Å²) in [5.41, 5.74) is 1.36. The van der Waals surface area contributed by atoms with Crippen molar-refractivity contribution < 1.29 is 23.8 Å². The average molecular weight is 390 g/mol. The highest BCUT2D eigenvalue weighted by atomic mass is 16.6. The third kappa shape index (κ3) is 5.45. The standard InChI is InChI=1S/C24H22O5/c1-2-27-24(26)23(22(25)19-13-7-4-8-14-19)29-21-16-10-9-15-20(21)28-17-18-11-5-3-6-12-18/h3-16,23H,2,17H2,1H3/t23-/m0/s1. The van der Waals surface area contributed by atoms with E-state index in [9.17, 15) is 9.59 Å². The number of ketones is 1. The van der Waals surface area contributed by atoms with Gasteiger partial charge in [0.25, 0.3) is 6.10 Å². The van der Waals surface area contributed by atoms with Gasteiger partial charge in [0, 0.05) is 5.56 Å². The van der Waals surface area contributed by atoms with E-state index in [-0.39, 0.29) is 6.61 Å². The maximum absolute atomic E-state index is 12.9. The van der Waals surface area contributed by atoms with Crippen molar-refractivity contribution in [2.75, 3.05) is 6.61 Å². The fourth-order valence-electron chi connectivity index (χ4n) is 2.71. The highest BCUT2D eigenvalue weighted by molar-refractivity contribution is 6.11. The minimum absolute atomic E-state index is 0.146. The average Bonchev–Trinajstić information content (AvgIpc) is 2.77. The molecule has 0 aliphatic carbocycles. The molecule has 0 saturated heterocycles. The molecule has 1 atom stereocenters. The molecule has 0 spiro atoms. The maximum Gasteiger partial charge on any atom is 0.355 e. The molecule has 3 aromatic rings. The van der Waals surface area contributed by atoms with Gasteiger partial charge in [-0.05, 0) is 24.6 Å². The van der Waals surface area contributed by atoms with Gasteiger partial charge in [-0.2, -0.15) is 0 Å². The van der Waals surface area contributed by atoms with Crippen LogP contribution >= 0.6 is 0 Å². The van der Waals surface area contributed by atoms with Crippen LogP contribution in [0.5, 0.6) is 11.5 Å². The van der Waals surface area contributed by atoms with Gasteiger partial charge in [0.15, 0.2) is 11.5 Å². The van der Waals surface area contributed by atoms with Gasteiger partial charge in [0.2, 0.25) is 5.78 Å². The van der Waals surface area contributed by atoms with Crippen molar-refractivity contribution in [2.24, 2.45) is 0 Å². The molecular weight excluding hydrogens is 368 g/mol. The summed E-state index contributed by atoms with van der Waals surface area (Å²) in [4.78, 5) is 25.3. The summed E-state index contributed by atoms with van der Waals surface area (Å²) in [5, 5.41) is 0. The number of para-hydroxylation sites is 2. The van der Waals surface area contributed by atoms with Crippen LogP contribution in [0.15, 0.2) is 84.9 Å². The molecule has 0 bridgehead atoms. The predicted octanol–water partition coefficient (Wildman–Crippen LogP) is 4.46. The van der Waals surface area contributed by atoms with E-state index in [0.29, 0.717) is 23.7 Å². The lowest BCUT2D eigenvalue weighted by Gasteiger charge is -2.19. The minimum Gasteiger partial charge on any atom is -0.485 e. The van der Waals surface area contributed by atoms with Gasteiger partial charge in [-0.3, -0.25) is 4.79 Å². The van der Waals surface area contributed by atoms with Crippen molar-refractivity contribution in [1.82, 2.24) is 0 Å². The highest BCUT2D eigenvalue weighted by Crippen LogP contribution is 2.29. The number of ether oxygens (including phenoxy) is 3. The van der Waals surface area contributed by atoms with Gasteiger partial charge < -0.3 is 14.2 Å². The van der Waals surface area contributed by atoms with Crippen LogP contribution in [-0.4, -0.2) is 24.5 Å². The minimum atomic E-state index is -1.42. The molecule has 5 heteroatoms. The Morgan fingerprint density at radius 2 is 1.38 bits per heavy atom. The van der Waals surface area contributed by atoms with Crippen molar-refractivity contribution in [1.29, 1.82) is 0 Å². The topological polar surface area (TPSA) is 61.8 Å². The zero-order chi connectivity index (χ0) is 20.5. The summed E-state index contributed by atoms with van der Waals surface area (Å²) in [5.74, 6) is -0.474. The second-order valence-electron chi connectivity index (χ2n) is 6.20. The summed E-state index contributed by atoms with van der Waals surface area (Å²) in [6, 6.07) is 25.1. The molecule has 0 heterocycles. The van der Waals surface area contributed by atoms with Crippen molar-refractivity contribution in [3.63, 3.8) is 0 Å². The van der Waals surface area contributed by atoms with Gasteiger partial charge in [0.1, 0.15) is 6.61 Å². The van der Waals surface area contributed by atoms with Crippen LogP contribution in [0.3, 0.4) is 0 Å². The number of esters is 1. The zero-order valence-electron chi connectivity index (χ0n) is 16.1. The lowest BCUT2D eigenvalue weighted by atomic mass is 10.1. The van der Waals surface area contributed by atoms with Crippen LogP contribution in [0.25, 0.3) is 0 Å². The SMILES string of the molecule is CCOC(=O)[C@@H](Oc1ccccc1OCc1ccccc1)C(=O)c1ccccc1. The van der Waals surface area contributed by atoms with Gasteiger partial charge >= 0.3 is 5.97 Å². The lowest BCUT2D eigenvalue weighted by molar-refractivity contribution is -0.149. The summed E-state index contributed by atoms with van der Waals surface area (Å²) in [7, 11) is 0. The second kappa shape index (κ2) is 10.1. The Labute approximate surface area is 169 Å². The number of rotatable bonds is 9.